The van der Waals surface area contributed by atoms with Gasteiger partial charge in [-0.25, -0.2) is 15.0 Å². The van der Waals surface area contributed by atoms with Gasteiger partial charge in [-0.3, -0.25) is 0 Å². The zero-order chi connectivity index (χ0) is 90.1. The number of thiophene rings is 3. The molecule has 0 amide bonds. The number of nitrogens with zero attached hydrogens (tertiary/aromatic N) is 7. The lowest BCUT2D eigenvalue weighted by Crippen LogP contribution is -2.10. The topological polar surface area (TPSA) is 58.4 Å². The van der Waals surface area contributed by atoms with Gasteiger partial charge in [-0.2, -0.15) is 0 Å². The molecule has 0 aliphatic heterocycles. The molecule has 135 heavy (non-hydrogen) atoms. The van der Waals surface area contributed by atoms with E-state index in [9.17, 15) is 0 Å². The molecule has 0 radical (unpaired) electrons. The molecule has 0 atom stereocenters. The largest absolute Gasteiger partial charge is 0.309 e. The Hall–Kier alpha value is -16.0. The molecule has 28 aromatic rings. The zero-order valence-electron chi connectivity index (χ0n) is 75.2. The predicted octanol–water partition coefficient (Wildman–Crippen LogP) is 35.5. The maximum atomic E-state index is 5.35. The van der Waals surface area contributed by atoms with Crippen LogP contribution in [-0.2, 0) is 10.8 Å². The summed E-state index contributed by atoms with van der Waals surface area (Å²) < 4.78 is 17.3. The Morgan fingerprint density at radius 2 is 0.496 bits per heavy atom. The lowest BCUT2D eigenvalue weighted by Gasteiger charge is -2.19. The van der Waals surface area contributed by atoms with Crippen LogP contribution in [-0.4, -0.2) is 33.2 Å². The van der Waals surface area contributed by atoms with Crippen LogP contribution in [0.2, 0.25) is 0 Å². The number of para-hydroxylation sites is 8. The van der Waals surface area contributed by atoms with Crippen molar-refractivity contribution in [3.8, 4) is 67.6 Å². The van der Waals surface area contributed by atoms with Gasteiger partial charge in [0.05, 0.1) is 91.9 Å². The predicted molar refractivity (Wildman–Crippen MR) is 580 cm³/mol. The van der Waals surface area contributed by atoms with Crippen molar-refractivity contribution in [1.29, 1.82) is 0 Å². The molecule has 7 nitrogen and oxygen atoms in total. The first-order valence-corrected chi connectivity index (χ1v) is 48.8. The van der Waals surface area contributed by atoms with Crippen LogP contribution in [0.15, 0.2) is 419 Å². The molecule has 0 saturated heterocycles. The van der Waals surface area contributed by atoms with Gasteiger partial charge in [-0.15, -0.1) is 34.0 Å². The quantitative estimate of drug-likeness (QED) is 0.152. The molecule has 0 unspecified atom stereocenters. The molecule has 10 heterocycles. The lowest BCUT2D eigenvalue weighted by atomic mass is 9.85. The highest BCUT2D eigenvalue weighted by molar-refractivity contribution is 7.27. The average Bonchev–Trinajstić information content (AvgIpc) is 1.54. The average molecular weight is 1780 g/mol. The number of benzene rings is 18. The second kappa shape index (κ2) is 31.4. The van der Waals surface area contributed by atoms with Gasteiger partial charge in [0.2, 0.25) is 0 Å². The SMILES string of the molecule is CC(C)(C)c1ccc2c(c1)c1cc(C(C)(C)C)ccc1n2-c1ccc(-c2nc3ccccc3c3c2sc2ccccc23)cc1.c1ccc(-n2c3ccccc3c3cc(-c4ccc(-c5nc6ccccc6c6c5sc5ccccc56)cc4)ccc32)cc1.c1ccc(-n2c3ccccc3c3ccc4c5ccccc5n(-c5cccc(-c6nc7ccccc7c7c6sc6ccccc67)c5)c4c32)cc1. The normalized spacial score (nSPS) is 12.2. The molecule has 0 aliphatic rings. The van der Waals surface area contributed by atoms with E-state index >= 15 is 0 Å². The molecule has 0 fully saturated rings. The highest BCUT2D eigenvalue weighted by Gasteiger charge is 2.28. The van der Waals surface area contributed by atoms with E-state index in [-0.39, 0.29) is 10.8 Å². The molecular weight excluding hydrogens is 1700 g/mol. The summed E-state index contributed by atoms with van der Waals surface area (Å²) in [6.45, 7) is 13.8. The van der Waals surface area contributed by atoms with E-state index in [4.69, 9.17) is 15.0 Å². The zero-order valence-corrected chi connectivity index (χ0v) is 77.6. The van der Waals surface area contributed by atoms with E-state index in [1.165, 1.54) is 192 Å². The van der Waals surface area contributed by atoms with E-state index in [2.05, 4.69) is 478 Å². The summed E-state index contributed by atoms with van der Waals surface area (Å²) in [5.41, 5.74) is 29.2. The van der Waals surface area contributed by atoms with E-state index in [0.717, 1.165) is 67.4 Å². The Labute approximate surface area is 791 Å². The van der Waals surface area contributed by atoms with Crippen LogP contribution >= 0.6 is 34.0 Å². The highest BCUT2D eigenvalue weighted by atomic mass is 32.1. The maximum Gasteiger partial charge on any atom is 0.0889 e. The van der Waals surface area contributed by atoms with Crippen LogP contribution in [0.1, 0.15) is 52.7 Å². The second-order valence-electron chi connectivity index (χ2n) is 37.6. The molecule has 10 heteroatoms. The van der Waals surface area contributed by atoms with Gasteiger partial charge in [-0.1, -0.05) is 321 Å². The number of rotatable bonds is 8. The molecule has 0 bridgehead atoms. The van der Waals surface area contributed by atoms with Crippen LogP contribution in [0, 0.1) is 0 Å². The van der Waals surface area contributed by atoms with Crippen molar-refractivity contribution < 1.29 is 0 Å². The molecule has 0 N–H and O–H groups in total. The van der Waals surface area contributed by atoms with Gasteiger partial charge in [0.15, 0.2) is 0 Å². The van der Waals surface area contributed by atoms with E-state index in [1.807, 2.05) is 34.0 Å². The molecule has 18 aromatic carbocycles. The fraction of sp³-hybridized carbons (Fsp3) is 0.0640. The van der Waals surface area contributed by atoms with Crippen LogP contribution in [0.4, 0.5) is 0 Å². The van der Waals surface area contributed by atoms with Gasteiger partial charge < -0.3 is 18.3 Å². The summed E-state index contributed by atoms with van der Waals surface area (Å²) in [4.78, 5) is 15.8. The first-order valence-electron chi connectivity index (χ1n) is 46.4. The maximum absolute atomic E-state index is 5.35. The summed E-state index contributed by atoms with van der Waals surface area (Å²) in [5, 5.41) is 21.6. The fourth-order valence-corrected chi connectivity index (χ4v) is 24.8. The molecular formula is C125H87N7S3. The number of fused-ring (bicyclic) bond motifs is 28. The Morgan fingerprint density at radius 1 is 0.193 bits per heavy atom. The summed E-state index contributed by atoms with van der Waals surface area (Å²) in [6.07, 6.45) is 0. The van der Waals surface area contributed by atoms with Crippen LogP contribution in [0.3, 0.4) is 0 Å². The summed E-state index contributed by atoms with van der Waals surface area (Å²) in [6, 6.07) is 152. The number of hydrogen-bond acceptors (Lipinski definition) is 6. The Balaban J connectivity index is 0.000000106. The minimum atomic E-state index is 0.0800. The van der Waals surface area contributed by atoms with E-state index in [1.54, 1.807) is 0 Å². The smallest absolute Gasteiger partial charge is 0.0889 e. The summed E-state index contributed by atoms with van der Waals surface area (Å²) in [5.74, 6) is 0. The Kier molecular flexibility index (Phi) is 18.6. The lowest BCUT2D eigenvalue weighted by molar-refractivity contribution is 0.590. The van der Waals surface area contributed by atoms with Crippen molar-refractivity contribution in [1.82, 2.24) is 33.2 Å². The Morgan fingerprint density at radius 3 is 0.933 bits per heavy atom. The molecule has 0 spiro atoms. The molecule has 10 aromatic heterocycles. The number of aromatic nitrogens is 7. The van der Waals surface area contributed by atoms with Crippen LogP contribution < -0.4 is 0 Å². The van der Waals surface area contributed by atoms with Gasteiger partial charge in [-0.05, 0) is 173 Å². The third-order valence-corrected chi connectivity index (χ3v) is 31.1. The fourth-order valence-electron chi connectivity index (χ4n) is 21.1. The number of pyridine rings is 3. The van der Waals surface area contributed by atoms with Crippen molar-refractivity contribution in [2.75, 3.05) is 0 Å². The number of hydrogen-bond donors (Lipinski definition) is 0. The van der Waals surface area contributed by atoms with Crippen molar-refractivity contribution >= 4 is 214 Å². The van der Waals surface area contributed by atoms with Crippen molar-refractivity contribution in [2.45, 2.75) is 52.4 Å². The molecule has 0 saturated carbocycles. The highest BCUT2D eigenvalue weighted by Crippen LogP contribution is 2.50. The minimum absolute atomic E-state index is 0.0800. The standard InChI is InChI=1S/C45H27N3S.C41H36N2S.C39H24N2S/c1-2-14-29(15-3-1)47-38-22-9-5-17-31(38)33-25-26-34-32-18-6-10-23-39(32)48(44(34)43(33)47)30-16-12-13-28(27-30)42-45-41(35-19-4-8-21-37(35)46-42)36-20-7-11-24-40(36)49-45;1-40(2,3)26-17-21-34-31(23-26)32-24-27(41(4,5)6)18-22-35(32)43(34)28-19-15-25(16-20-28)38-39-37(29-11-7-9-13-33(29)42-38)30-12-8-10-14-36(30)44-39;1-2-10-28(11-3-1)41-34-16-8-5-12-29(34)32-24-27(22-23-35(32)41)25-18-20-26(21-19-25)38-39-37(30-13-4-7-15-33(30)40-38)31-14-6-9-17-36(31)42-39/h1-27H;7-24H,1-6H3;1-24H. The van der Waals surface area contributed by atoms with Crippen molar-refractivity contribution in [3.63, 3.8) is 0 Å². The summed E-state index contributed by atoms with van der Waals surface area (Å²) >= 11 is 5.52. The van der Waals surface area contributed by atoms with E-state index in [0.29, 0.717) is 0 Å². The first kappa shape index (κ1) is 80.0. The Bertz CT molecular complexity index is 9640. The van der Waals surface area contributed by atoms with Crippen molar-refractivity contribution in [2.24, 2.45) is 0 Å². The van der Waals surface area contributed by atoms with Gasteiger partial charge in [0.25, 0.3) is 0 Å². The van der Waals surface area contributed by atoms with Gasteiger partial charge in [0.1, 0.15) is 0 Å². The minimum Gasteiger partial charge on any atom is -0.309 e. The molecule has 640 valence electrons. The molecule has 28 rings (SSSR count). The second-order valence-corrected chi connectivity index (χ2v) is 40.8. The van der Waals surface area contributed by atoms with E-state index < -0.39 is 0 Å². The van der Waals surface area contributed by atoms with Crippen LogP contribution in [0.25, 0.3) is 248 Å². The third kappa shape index (κ3) is 13.0. The van der Waals surface area contributed by atoms with Crippen molar-refractivity contribution in [3.05, 3.63) is 430 Å². The monoisotopic (exact) mass is 1780 g/mol. The van der Waals surface area contributed by atoms with Crippen LogP contribution in [0.5, 0.6) is 0 Å². The third-order valence-electron chi connectivity index (χ3n) is 27.6. The summed E-state index contributed by atoms with van der Waals surface area (Å²) in [7, 11) is 0. The first-order chi connectivity index (χ1) is 66.2. The van der Waals surface area contributed by atoms with Gasteiger partial charge >= 0.3 is 0 Å². The molecule has 0 aliphatic carbocycles. The van der Waals surface area contributed by atoms with Gasteiger partial charge in [0, 0.05) is 145 Å².